The van der Waals surface area contributed by atoms with E-state index in [9.17, 15) is 0 Å². The van der Waals surface area contributed by atoms with Crippen molar-refractivity contribution in [2.45, 2.75) is 34.6 Å². The predicted molar refractivity (Wildman–Crippen MR) is 73.0 cm³/mol. The van der Waals surface area contributed by atoms with Gasteiger partial charge in [-0.3, -0.25) is 0 Å². The Morgan fingerprint density at radius 3 is 1.62 bits per heavy atom. The van der Waals surface area contributed by atoms with Gasteiger partial charge >= 0.3 is 97.5 Å². The number of rotatable bonds is 2. The van der Waals surface area contributed by atoms with Crippen molar-refractivity contribution in [2.75, 3.05) is 14.1 Å². The molecular formula is C12H23Cl2NTi. The third-order valence-corrected chi connectivity index (χ3v) is 6.01. The number of hydrogen-bond donors (Lipinski definition) is 0. The quantitative estimate of drug-likeness (QED) is 0.696. The summed E-state index contributed by atoms with van der Waals surface area (Å²) in [6.45, 7) is 11.6. The normalized spacial score (nSPS) is 18.5. The number of nitrogens with zero attached hydrogens (tertiary/aromatic N) is 1. The summed E-state index contributed by atoms with van der Waals surface area (Å²) in [6, 6.07) is 0. The van der Waals surface area contributed by atoms with Crippen LogP contribution in [0.1, 0.15) is 34.6 Å². The third kappa shape index (κ3) is 3.37. The summed E-state index contributed by atoms with van der Waals surface area (Å²) in [5.74, 6) is 0. The molecule has 0 bridgehead atoms. The van der Waals surface area contributed by atoms with Gasteiger partial charge in [0.05, 0.1) is 0 Å². The molecule has 1 aliphatic rings. The Kier molecular flexibility index (Phi) is 7.88. The van der Waals surface area contributed by atoms with Gasteiger partial charge in [0, 0.05) is 0 Å². The minimum Gasteiger partial charge on any atom is -0.147 e. The van der Waals surface area contributed by atoms with Crippen LogP contribution in [-0.2, 0) is 19.4 Å². The van der Waals surface area contributed by atoms with Gasteiger partial charge < -0.3 is 0 Å². The molecular weight excluding hydrogens is 277 g/mol. The average Bonchev–Trinajstić information content (AvgIpc) is 2.20. The molecule has 0 aromatic rings. The average molecular weight is 300 g/mol. The van der Waals surface area contributed by atoms with Gasteiger partial charge in [0.15, 0.2) is 0 Å². The Morgan fingerprint density at radius 2 is 1.38 bits per heavy atom. The maximum Gasteiger partial charge on any atom is -0.147 e. The van der Waals surface area contributed by atoms with Crippen LogP contribution < -0.4 is 0 Å². The topological polar surface area (TPSA) is 3.24 Å². The summed E-state index contributed by atoms with van der Waals surface area (Å²) in [5.41, 5.74) is 4.96. The van der Waals surface area contributed by atoms with Gasteiger partial charge in [-0.2, -0.15) is 0 Å². The molecule has 0 unspecified atom stereocenters. The van der Waals surface area contributed by atoms with Crippen molar-refractivity contribution < 1.29 is 19.4 Å². The van der Waals surface area contributed by atoms with Crippen LogP contribution in [0.15, 0.2) is 20.6 Å². The Balaban J connectivity index is 0. The van der Waals surface area contributed by atoms with Gasteiger partial charge in [-0.15, -0.1) is 24.8 Å². The summed E-state index contributed by atoms with van der Waals surface area (Å²) in [7, 11) is 4.39. The fourth-order valence-corrected chi connectivity index (χ4v) is 4.02. The predicted octanol–water partition coefficient (Wildman–Crippen LogP) is 4.04. The first-order chi connectivity index (χ1) is 6.28. The van der Waals surface area contributed by atoms with Crippen LogP contribution in [0.4, 0.5) is 0 Å². The van der Waals surface area contributed by atoms with Gasteiger partial charge in [-0.05, 0) is 0 Å². The van der Waals surface area contributed by atoms with E-state index in [4.69, 9.17) is 0 Å². The van der Waals surface area contributed by atoms with Crippen LogP contribution >= 0.6 is 24.8 Å². The van der Waals surface area contributed by atoms with Crippen molar-refractivity contribution in [3.05, 3.63) is 20.6 Å². The first-order valence-corrected chi connectivity index (χ1v) is 6.60. The smallest absolute Gasteiger partial charge is 0.147 e. The van der Waals surface area contributed by atoms with E-state index in [0.717, 1.165) is 0 Å². The molecule has 0 aromatic heterocycles. The molecule has 0 spiro atoms. The molecule has 0 heterocycles. The molecule has 0 radical (unpaired) electrons. The molecule has 0 atom stereocenters. The zero-order valence-corrected chi connectivity index (χ0v) is 14.5. The molecule has 0 aliphatic heterocycles. The molecule has 94 valence electrons. The Bertz CT molecular complexity index is 317. The van der Waals surface area contributed by atoms with Gasteiger partial charge in [0.25, 0.3) is 0 Å². The first kappa shape index (κ1) is 19.1. The Morgan fingerprint density at radius 1 is 0.938 bits per heavy atom. The Hall–Kier alpha value is 0.734. The molecule has 0 N–H and O–H groups in total. The van der Waals surface area contributed by atoms with E-state index in [-0.39, 0.29) is 44.2 Å². The molecule has 4 heteroatoms. The molecule has 1 nitrogen and oxygen atoms in total. The van der Waals surface area contributed by atoms with Crippen molar-refractivity contribution in [2.24, 2.45) is 5.41 Å². The number of hydrogen-bond acceptors (Lipinski definition) is 1. The molecule has 1 rings (SSSR count). The molecule has 0 amide bonds. The van der Waals surface area contributed by atoms with E-state index < -0.39 is 0 Å². The number of allylic oxidation sites excluding steroid dienone is 4. The van der Waals surface area contributed by atoms with E-state index >= 15 is 0 Å². The van der Waals surface area contributed by atoms with E-state index in [2.05, 4.69) is 52.1 Å². The summed E-state index contributed by atoms with van der Waals surface area (Å²) >= 11 is -0.0916. The van der Waals surface area contributed by atoms with Crippen LogP contribution in [0.5, 0.6) is 0 Å². The van der Waals surface area contributed by atoms with Crippen LogP contribution in [0.3, 0.4) is 0 Å². The van der Waals surface area contributed by atoms with Crippen molar-refractivity contribution >= 4 is 24.8 Å². The monoisotopic (exact) mass is 299 g/mol. The Labute approximate surface area is 122 Å². The van der Waals surface area contributed by atoms with Crippen molar-refractivity contribution in [3.63, 3.8) is 0 Å². The molecule has 16 heavy (non-hydrogen) atoms. The van der Waals surface area contributed by atoms with Crippen LogP contribution in [0, 0.1) is 5.41 Å². The fourth-order valence-electron chi connectivity index (χ4n) is 2.04. The largest absolute Gasteiger partial charge is 0.147 e. The zero-order chi connectivity index (χ0) is 11.1. The minimum atomic E-state index is -0.0916. The summed E-state index contributed by atoms with van der Waals surface area (Å²) in [5, 5.41) is 0. The van der Waals surface area contributed by atoms with Crippen molar-refractivity contribution in [1.82, 2.24) is 3.38 Å². The zero-order valence-electron chi connectivity index (χ0n) is 11.3. The van der Waals surface area contributed by atoms with E-state index in [1.807, 2.05) is 0 Å². The summed E-state index contributed by atoms with van der Waals surface area (Å²) in [4.78, 5) is 0. The van der Waals surface area contributed by atoms with Gasteiger partial charge in [0.1, 0.15) is 0 Å². The van der Waals surface area contributed by atoms with E-state index in [1.165, 1.54) is 5.57 Å². The second-order valence-corrected chi connectivity index (χ2v) is 7.41. The fraction of sp³-hybridized carbons (Fsp3) is 0.667. The molecule has 0 saturated heterocycles. The molecule has 0 fully saturated rings. The maximum atomic E-state index is 2.38. The second kappa shape index (κ2) is 6.61. The van der Waals surface area contributed by atoms with Gasteiger partial charge in [-0.1, -0.05) is 0 Å². The maximum absolute atomic E-state index is 2.38. The summed E-state index contributed by atoms with van der Waals surface area (Å²) < 4.78 is 4.09. The minimum absolute atomic E-state index is 0. The standard InChI is InChI=1S/C10H15.C2H6N.2ClH.Ti/c1-7-6-10(4,5)9(3)8(7)2;1-3-2;;;/h1-5H3;1-2H3;2*1H;/q;-1;;;+1. The second-order valence-electron chi connectivity index (χ2n) is 4.88. The molecule has 1 aliphatic carbocycles. The van der Waals surface area contributed by atoms with E-state index in [0.29, 0.717) is 5.41 Å². The number of halogens is 2. The van der Waals surface area contributed by atoms with E-state index in [1.54, 1.807) is 15.0 Å². The van der Waals surface area contributed by atoms with Crippen LogP contribution in [-0.4, -0.2) is 17.5 Å². The SMILES string of the molecule is CC1=C(C)C(C)(C)[C]([Ti][N](C)C)=C1C.Cl.Cl. The van der Waals surface area contributed by atoms with Crippen molar-refractivity contribution in [1.29, 1.82) is 0 Å². The first-order valence-electron chi connectivity index (χ1n) is 5.12. The van der Waals surface area contributed by atoms with Crippen molar-refractivity contribution in [3.8, 4) is 0 Å². The van der Waals surface area contributed by atoms with Crippen LogP contribution in [0.25, 0.3) is 0 Å². The molecule has 0 aromatic carbocycles. The third-order valence-electron chi connectivity index (χ3n) is 3.40. The van der Waals surface area contributed by atoms with Gasteiger partial charge in [0.2, 0.25) is 0 Å². The van der Waals surface area contributed by atoms with Crippen LogP contribution in [0.2, 0.25) is 0 Å². The van der Waals surface area contributed by atoms with Gasteiger partial charge in [-0.25, -0.2) is 0 Å². The summed E-state index contributed by atoms with van der Waals surface area (Å²) in [6.07, 6.45) is 0. The molecule has 0 saturated carbocycles.